The number of hydrogen-bond acceptors (Lipinski definition) is 4. The second-order valence-electron chi connectivity index (χ2n) is 3.54. The highest BCUT2D eigenvalue weighted by molar-refractivity contribution is 9.10. The fourth-order valence-corrected chi connectivity index (χ4v) is 3.96. The van der Waals surface area contributed by atoms with Gasteiger partial charge in [-0.15, -0.1) is 22.7 Å². The Bertz CT molecular complexity index is 460. The van der Waals surface area contributed by atoms with E-state index in [4.69, 9.17) is 5.73 Å². The zero-order chi connectivity index (χ0) is 11.5. The molecular formula is C11H13BrN2S2. The molecule has 0 aliphatic heterocycles. The standard InChI is InChI=1S/C11H13BrN2S2/c1-2-7(4-13)11-14-9(6-16-11)10-3-8(12)5-15-10/h3,5-7H,2,4,13H2,1H3. The lowest BCUT2D eigenvalue weighted by Gasteiger charge is -2.06. The van der Waals surface area contributed by atoms with E-state index < -0.39 is 0 Å². The molecule has 2 rings (SSSR count). The molecule has 0 radical (unpaired) electrons. The van der Waals surface area contributed by atoms with Crippen molar-refractivity contribution in [1.82, 2.24) is 4.98 Å². The Morgan fingerprint density at radius 1 is 1.44 bits per heavy atom. The third-order valence-corrected chi connectivity index (χ3v) is 5.19. The first-order chi connectivity index (χ1) is 7.74. The van der Waals surface area contributed by atoms with Crippen LogP contribution in [0.1, 0.15) is 24.3 Å². The first-order valence-corrected chi connectivity index (χ1v) is 7.69. The molecule has 0 bridgehead atoms. The van der Waals surface area contributed by atoms with Gasteiger partial charge in [-0.05, 0) is 28.4 Å². The van der Waals surface area contributed by atoms with Gasteiger partial charge in [-0.2, -0.15) is 0 Å². The van der Waals surface area contributed by atoms with Crippen molar-refractivity contribution in [3.63, 3.8) is 0 Å². The quantitative estimate of drug-likeness (QED) is 0.922. The third-order valence-electron chi connectivity index (χ3n) is 2.47. The van der Waals surface area contributed by atoms with Crippen LogP contribution in [0.25, 0.3) is 10.6 Å². The Morgan fingerprint density at radius 3 is 2.81 bits per heavy atom. The van der Waals surface area contributed by atoms with Crippen LogP contribution in [0.4, 0.5) is 0 Å². The minimum Gasteiger partial charge on any atom is -0.330 e. The van der Waals surface area contributed by atoms with Crippen molar-refractivity contribution in [1.29, 1.82) is 0 Å². The molecule has 2 aromatic rings. The third kappa shape index (κ3) is 2.53. The number of nitrogens with two attached hydrogens (primary N) is 1. The van der Waals surface area contributed by atoms with Gasteiger partial charge in [-0.3, -0.25) is 0 Å². The zero-order valence-corrected chi connectivity index (χ0v) is 12.2. The summed E-state index contributed by atoms with van der Waals surface area (Å²) in [6.45, 7) is 2.83. The molecule has 0 aromatic carbocycles. The Hall–Kier alpha value is -0.230. The first kappa shape index (κ1) is 12.2. The predicted octanol–water partition coefficient (Wildman–Crippen LogP) is 4.09. The maximum Gasteiger partial charge on any atom is 0.0976 e. The summed E-state index contributed by atoms with van der Waals surface area (Å²) < 4.78 is 1.12. The molecule has 2 nitrogen and oxygen atoms in total. The van der Waals surface area contributed by atoms with Crippen molar-refractivity contribution >= 4 is 38.6 Å². The topological polar surface area (TPSA) is 38.9 Å². The second kappa shape index (κ2) is 5.40. The Kier molecular flexibility index (Phi) is 4.13. The first-order valence-electron chi connectivity index (χ1n) is 5.14. The summed E-state index contributed by atoms with van der Waals surface area (Å²) in [4.78, 5) is 5.87. The van der Waals surface area contributed by atoms with Crippen LogP contribution >= 0.6 is 38.6 Å². The number of aromatic nitrogens is 1. The lowest BCUT2D eigenvalue weighted by atomic mass is 10.1. The van der Waals surface area contributed by atoms with Crippen molar-refractivity contribution in [3.05, 3.63) is 26.3 Å². The molecule has 2 heterocycles. The van der Waals surface area contributed by atoms with E-state index in [0.29, 0.717) is 12.5 Å². The smallest absolute Gasteiger partial charge is 0.0976 e. The maximum atomic E-state index is 5.73. The van der Waals surface area contributed by atoms with Gasteiger partial charge in [0, 0.05) is 27.7 Å². The van der Waals surface area contributed by atoms with Crippen molar-refractivity contribution in [2.45, 2.75) is 19.3 Å². The zero-order valence-electron chi connectivity index (χ0n) is 8.94. The average molecular weight is 317 g/mol. The minimum atomic E-state index is 0.405. The van der Waals surface area contributed by atoms with Gasteiger partial charge >= 0.3 is 0 Å². The molecule has 5 heteroatoms. The van der Waals surface area contributed by atoms with Crippen LogP contribution in [-0.2, 0) is 0 Å². The number of halogens is 1. The molecule has 1 unspecified atom stereocenters. The Morgan fingerprint density at radius 2 is 2.25 bits per heavy atom. The van der Waals surface area contributed by atoms with Crippen LogP contribution < -0.4 is 5.73 Å². The normalized spacial score (nSPS) is 12.9. The number of hydrogen-bond donors (Lipinski definition) is 1. The van der Waals surface area contributed by atoms with Gasteiger partial charge in [0.15, 0.2) is 0 Å². The summed E-state index contributed by atoms with van der Waals surface area (Å²) in [5.74, 6) is 0.405. The van der Waals surface area contributed by atoms with E-state index in [-0.39, 0.29) is 0 Å². The van der Waals surface area contributed by atoms with Gasteiger partial charge < -0.3 is 5.73 Å². The Balaban J connectivity index is 2.25. The molecule has 86 valence electrons. The fourth-order valence-electron chi connectivity index (χ4n) is 1.48. The largest absolute Gasteiger partial charge is 0.330 e. The van der Waals surface area contributed by atoms with Crippen molar-refractivity contribution in [2.24, 2.45) is 5.73 Å². The molecule has 1 atom stereocenters. The highest BCUT2D eigenvalue weighted by atomic mass is 79.9. The SMILES string of the molecule is CCC(CN)c1nc(-c2cc(Br)cs2)cs1. The van der Waals surface area contributed by atoms with Crippen molar-refractivity contribution in [3.8, 4) is 10.6 Å². The summed E-state index contributed by atoms with van der Waals surface area (Å²) in [7, 11) is 0. The van der Waals surface area contributed by atoms with Crippen LogP contribution in [0, 0.1) is 0 Å². The molecule has 0 aliphatic rings. The highest BCUT2D eigenvalue weighted by Gasteiger charge is 2.13. The number of rotatable bonds is 4. The molecule has 0 saturated carbocycles. The maximum absolute atomic E-state index is 5.73. The van der Waals surface area contributed by atoms with Gasteiger partial charge in [0.05, 0.1) is 15.6 Å². The van der Waals surface area contributed by atoms with E-state index in [2.05, 4.69) is 44.7 Å². The van der Waals surface area contributed by atoms with Crippen LogP contribution in [0.2, 0.25) is 0 Å². The number of nitrogens with zero attached hydrogens (tertiary/aromatic N) is 1. The molecule has 16 heavy (non-hydrogen) atoms. The summed E-state index contributed by atoms with van der Waals surface area (Å²) in [6, 6.07) is 2.10. The number of thiophene rings is 1. The average Bonchev–Trinajstić information content (AvgIpc) is 2.89. The van der Waals surface area contributed by atoms with E-state index in [1.165, 1.54) is 4.88 Å². The minimum absolute atomic E-state index is 0.405. The van der Waals surface area contributed by atoms with E-state index in [9.17, 15) is 0 Å². The van der Waals surface area contributed by atoms with Gasteiger partial charge in [0.1, 0.15) is 0 Å². The molecule has 0 spiro atoms. The second-order valence-corrected chi connectivity index (χ2v) is 6.26. The van der Waals surface area contributed by atoms with Crippen LogP contribution in [-0.4, -0.2) is 11.5 Å². The molecule has 2 N–H and O–H groups in total. The van der Waals surface area contributed by atoms with Crippen molar-refractivity contribution in [2.75, 3.05) is 6.54 Å². The van der Waals surface area contributed by atoms with Crippen molar-refractivity contribution < 1.29 is 0 Å². The van der Waals surface area contributed by atoms with E-state index in [1.807, 2.05) is 0 Å². The van der Waals surface area contributed by atoms with Gasteiger partial charge in [-0.1, -0.05) is 6.92 Å². The van der Waals surface area contributed by atoms with Gasteiger partial charge in [0.25, 0.3) is 0 Å². The van der Waals surface area contributed by atoms with Crippen LogP contribution in [0.15, 0.2) is 21.3 Å². The molecular weight excluding hydrogens is 304 g/mol. The fraction of sp³-hybridized carbons (Fsp3) is 0.364. The van der Waals surface area contributed by atoms with Gasteiger partial charge in [-0.25, -0.2) is 4.98 Å². The summed E-state index contributed by atoms with van der Waals surface area (Å²) in [5, 5.41) is 5.35. The predicted molar refractivity (Wildman–Crippen MR) is 75.2 cm³/mol. The van der Waals surface area contributed by atoms with E-state index in [0.717, 1.165) is 21.6 Å². The molecule has 0 aliphatic carbocycles. The molecule has 2 aromatic heterocycles. The summed E-state index contributed by atoms with van der Waals surface area (Å²) >= 11 is 6.88. The van der Waals surface area contributed by atoms with E-state index >= 15 is 0 Å². The molecule has 0 fully saturated rings. The van der Waals surface area contributed by atoms with Crippen LogP contribution in [0.5, 0.6) is 0 Å². The molecule has 0 saturated heterocycles. The van der Waals surface area contributed by atoms with Gasteiger partial charge in [0.2, 0.25) is 0 Å². The Labute approximate surface area is 112 Å². The van der Waals surface area contributed by atoms with Crippen LogP contribution in [0.3, 0.4) is 0 Å². The molecule has 0 amide bonds. The van der Waals surface area contributed by atoms with E-state index in [1.54, 1.807) is 22.7 Å². The summed E-state index contributed by atoms with van der Waals surface area (Å²) in [6.07, 6.45) is 1.05. The highest BCUT2D eigenvalue weighted by Crippen LogP contribution is 2.32. The lowest BCUT2D eigenvalue weighted by Crippen LogP contribution is -2.11. The summed E-state index contributed by atoms with van der Waals surface area (Å²) in [5.41, 5.74) is 6.80. The lowest BCUT2D eigenvalue weighted by molar-refractivity contribution is 0.670. The monoisotopic (exact) mass is 316 g/mol. The number of thiazole rings is 1.